The fraction of sp³-hybridized carbons (Fsp3) is 1.00. The molecule has 0 aromatic rings. The maximum absolute atomic E-state index is 5.18. The van der Waals surface area contributed by atoms with Crippen molar-refractivity contribution in [1.29, 1.82) is 0 Å². The largest absolute Gasteiger partial charge is 0.378 e. The average molecular weight is 199 g/mol. The molecule has 2 heteroatoms. The summed E-state index contributed by atoms with van der Waals surface area (Å²) in [5, 5.41) is 3.69. The molecular weight excluding hydrogens is 174 g/mol. The van der Waals surface area contributed by atoms with Crippen molar-refractivity contribution in [1.82, 2.24) is 5.32 Å². The summed E-state index contributed by atoms with van der Waals surface area (Å²) in [5.74, 6) is 1.57. The molecule has 1 heterocycles. The van der Waals surface area contributed by atoms with E-state index in [1.165, 1.54) is 12.8 Å². The van der Waals surface area contributed by atoms with Crippen molar-refractivity contribution in [3.8, 4) is 0 Å². The van der Waals surface area contributed by atoms with Crippen LogP contribution in [0.1, 0.15) is 40.5 Å². The first-order valence-corrected chi connectivity index (χ1v) is 5.91. The standard InChI is InChI=1S/C12H25NO/c1-9(2)5-11(6-10(3)4)13-12-7-14-8-12/h9-13H,5-8H2,1-4H3. The van der Waals surface area contributed by atoms with Crippen molar-refractivity contribution in [2.24, 2.45) is 11.8 Å². The molecule has 1 fully saturated rings. The molecule has 0 unspecified atom stereocenters. The fourth-order valence-electron chi connectivity index (χ4n) is 2.04. The van der Waals surface area contributed by atoms with Gasteiger partial charge in [-0.2, -0.15) is 0 Å². The van der Waals surface area contributed by atoms with Crippen molar-refractivity contribution >= 4 is 0 Å². The third-order valence-corrected chi connectivity index (χ3v) is 2.62. The first-order valence-electron chi connectivity index (χ1n) is 5.91. The molecule has 0 spiro atoms. The maximum atomic E-state index is 5.18. The highest BCUT2D eigenvalue weighted by molar-refractivity contribution is 4.80. The minimum atomic E-state index is 0.623. The van der Waals surface area contributed by atoms with Gasteiger partial charge in [-0.25, -0.2) is 0 Å². The summed E-state index contributed by atoms with van der Waals surface area (Å²) in [6, 6.07) is 1.31. The van der Waals surface area contributed by atoms with E-state index in [-0.39, 0.29) is 0 Å². The smallest absolute Gasteiger partial charge is 0.0643 e. The van der Waals surface area contributed by atoms with Crippen molar-refractivity contribution in [2.75, 3.05) is 13.2 Å². The third-order valence-electron chi connectivity index (χ3n) is 2.62. The number of hydrogen-bond donors (Lipinski definition) is 1. The van der Waals surface area contributed by atoms with E-state index in [1.807, 2.05) is 0 Å². The second-order valence-corrected chi connectivity index (χ2v) is 5.36. The zero-order chi connectivity index (χ0) is 10.6. The summed E-state index contributed by atoms with van der Waals surface area (Å²) in [6.07, 6.45) is 2.57. The molecule has 0 aromatic heterocycles. The van der Waals surface area contributed by atoms with E-state index in [0.29, 0.717) is 12.1 Å². The summed E-state index contributed by atoms with van der Waals surface area (Å²) < 4.78 is 5.18. The Morgan fingerprint density at radius 3 is 1.86 bits per heavy atom. The molecule has 2 nitrogen and oxygen atoms in total. The summed E-state index contributed by atoms with van der Waals surface area (Å²) in [5.41, 5.74) is 0. The van der Waals surface area contributed by atoms with Crippen molar-refractivity contribution in [2.45, 2.75) is 52.6 Å². The first-order chi connectivity index (χ1) is 6.58. The normalized spacial score (nSPS) is 18.2. The Kier molecular flexibility index (Phi) is 4.90. The van der Waals surface area contributed by atoms with Crippen LogP contribution in [0.5, 0.6) is 0 Å². The lowest BCUT2D eigenvalue weighted by molar-refractivity contribution is -0.0121. The van der Waals surface area contributed by atoms with E-state index < -0.39 is 0 Å². The van der Waals surface area contributed by atoms with Gasteiger partial charge in [0.2, 0.25) is 0 Å². The quantitative estimate of drug-likeness (QED) is 0.709. The molecule has 1 saturated heterocycles. The van der Waals surface area contributed by atoms with Crippen LogP contribution in [-0.4, -0.2) is 25.3 Å². The molecule has 0 aliphatic carbocycles. The van der Waals surface area contributed by atoms with Gasteiger partial charge in [0.15, 0.2) is 0 Å². The molecule has 1 aliphatic heterocycles. The SMILES string of the molecule is CC(C)CC(CC(C)C)NC1COC1. The zero-order valence-electron chi connectivity index (χ0n) is 10.0. The minimum Gasteiger partial charge on any atom is -0.378 e. The van der Waals surface area contributed by atoms with Gasteiger partial charge in [0, 0.05) is 6.04 Å². The summed E-state index contributed by atoms with van der Waals surface area (Å²) in [4.78, 5) is 0. The van der Waals surface area contributed by atoms with Gasteiger partial charge in [0.25, 0.3) is 0 Å². The van der Waals surface area contributed by atoms with Gasteiger partial charge in [-0.3, -0.25) is 0 Å². The average Bonchev–Trinajstić information content (AvgIpc) is 1.94. The maximum Gasteiger partial charge on any atom is 0.0643 e. The second kappa shape index (κ2) is 5.72. The van der Waals surface area contributed by atoms with E-state index in [4.69, 9.17) is 4.74 Å². The van der Waals surface area contributed by atoms with Crippen molar-refractivity contribution in [3.63, 3.8) is 0 Å². The lowest BCUT2D eigenvalue weighted by atomic mass is 9.95. The minimum absolute atomic E-state index is 0.623. The van der Waals surface area contributed by atoms with Crippen molar-refractivity contribution < 1.29 is 4.74 Å². The van der Waals surface area contributed by atoms with Crippen LogP contribution in [0.2, 0.25) is 0 Å². The number of rotatable bonds is 6. The second-order valence-electron chi connectivity index (χ2n) is 5.36. The van der Waals surface area contributed by atoms with Gasteiger partial charge in [0.05, 0.1) is 19.3 Å². The Hall–Kier alpha value is -0.0800. The Labute approximate surface area is 88.4 Å². The van der Waals surface area contributed by atoms with Crippen LogP contribution in [0.15, 0.2) is 0 Å². The van der Waals surface area contributed by atoms with E-state index >= 15 is 0 Å². The van der Waals surface area contributed by atoms with Gasteiger partial charge in [-0.1, -0.05) is 27.7 Å². The predicted octanol–water partition coefficient (Wildman–Crippen LogP) is 2.44. The summed E-state index contributed by atoms with van der Waals surface area (Å²) in [6.45, 7) is 11.0. The molecule has 1 rings (SSSR count). The topological polar surface area (TPSA) is 21.3 Å². The Bertz CT molecular complexity index is 142. The lowest BCUT2D eigenvalue weighted by Crippen LogP contribution is -2.51. The summed E-state index contributed by atoms with van der Waals surface area (Å²) in [7, 11) is 0. The monoisotopic (exact) mass is 199 g/mol. The van der Waals surface area contributed by atoms with Crippen LogP contribution in [0, 0.1) is 11.8 Å². The molecule has 0 bridgehead atoms. The predicted molar refractivity (Wildman–Crippen MR) is 60.4 cm³/mol. The molecule has 84 valence electrons. The van der Waals surface area contributed by atoms with Gasteiger partial charge in [0.1, 0.15) is 0 Å². The van der Waals surface area contributed by atoms with Crippen LogP contribution in [0.3, 0.4) is 0 Å². The zero-order valence-corrected chi connectivity index (χ0v) is 10.0. The van der Waals surface area contributed by atoms with Gasteiger partial charge < -0.3 is 10.1 Å². The molecule has 0 amide bonds. The lowest BCUT2D eigenvalue weighted by Gasteiger charge is -2.33. The molecule has 0 atom stereocenters. The molecule has 0 saturated carbocycles. The fourth-order valence-corrected chi connectivity index (χ4v) is 2.04. The highest BCUT2D eigenvalue weighted by Crippen LogP contribution is 2.15. The number of hydrogen-bond acceptors (Lipinski definition) is 2. The van der Waals surface area contributed by atoms with Crippen molar-refractivity contribution in [3.05, 3.63) is 0 Å². The highest BCUT2D eigenvalue weighted by Gasteiger charge is 2.22. The first kappa shape index (κ1) is 12.0. The van der Waals surface area contributed by atoms with Crippen LogP contribution < -0.4 is 5.32 Å². The number of nitrogens with one attached hydrogen (secondary N) is 1. The van der Waals surface area contributed by atoms with E-state index in [1.54, 1.807) is 0 Å². The Morgan fingerprint density at radius 2 is 1.57 bits per heavy atom. The molecular formula is C12H25NO. The Morgan fingerprint density at radius 1 is 1.07 bits per heavy atom. The van der Waals surface area contributed by atoms with Gasteiger partial charge in [-0.05, 0) is 24.7 Å². The molecule has 14 heavy (non-hydrogen) atoms. The number of ether oxygens (including phenoxy) is 1. The third kappa shape index (κ3) is 4.43. The molecule has 1 N–H and O–H groups in total. The van der Waals surface area contributed by atoms with E-state index in [0.717, 1.165) is 25.0 Å². The molecule has 0 aromatic carbocycles. The molecule has 0 radical (unpaired) electrons. The van der Waals surface area contributed by atoms with Crippen LogP contribution in [0.4, 0.5) is 0 Å². The molecule has 1 aliphatic rings. The van der Waals surface area contributed by atoms with Crippen LogP contribution in [0.25, 0.3) is 0 Å². The van der Waals surface area contributed by atoms with Gasteiger partial charge in [-0.15, -0.1) is 0 Å². The van der Waals surface area contributed by atoms with Crippen LogP contribution >= 0.6 is 0 Å². The van der Waals surface area contributed by atoms with Gasteiger partial charge >= 0.3 is 0 Å². The van der Waals surface area contributed by atoms with E-state index in [2.05, 4.69) is 33.0 Å². The summed E-state index contributed by atoms with van der Waals surface area (Å²) >= 11 is 0. The van der Waals surface area contributed by atoms with Crippen LogP contribution in [-0.2, 0) is 4.74 Å². The highest BCUT2D eigenvalue weighted by atomic mass is 16.5. The van der Waals surface area contributed by atoms with E-state index in [9.17, 15) is 0 Å². The Balaban J connectivity index is 2.26.